The number of hydrogen-bond acceptors (Lipinski definition) is 13. The molecule has 18 nitrogen and oxygen atoms in total. The quantitative estimate of drug-likeness (QED) is 0.0744. The molecule has 402 valence electrons. The third kappa shape index (κ3) is 12.7. The number of fused-ring (bicyclic) bond motifs is 1. The van der Waals surface area contributed by atoms with Crippen LogP contribution in [0.3, 0.4) is 0 Å². The predicted molar refractivity (Wildman–Crippen MR) is 289 cm³/mol. The van der Waals surface area contributed by atoms with Crippen LogP contribution in [-0.4, -0.2) is 106 Å². The minimum absolute atomic E-state index is 0.0296. The van der Waals surface area contributed by atoms with Gasteiger partial charge in [-0.15, -0.1) is 11.3 Å². The smallest absolute Gasteiger partial charge is 0.352 e. The van der Waals surface area contributed by atoms with Crippen molar-refractivity contribution in [1.29, 1.82) is 0 Å². The molecule has 0 bridgehead atoms. The summed E-state index contributed by atoms with van der Waals surface area (Å²) in [5.74, 6) is -2.19. The van der Waals surface area contributed by atoms with Gasteiger partial charge in [-0.05, 0) is 147 Å². The fraction of sp³-hybridized carbons (Fsp3) is 0.481. The van der Waals surface area contributed by atoms with Gasteiger partial charge in [-0.3, -0.25) is 24.0 Å². The molecule has 21 heteroatoms. The van der Waals surface area contributed by atoms with Gasteiger partial charge in [-0.1, -0.05) is 41.9 Å². The summed E-state index contributed by atoms with van der Waals surface area (Å²) in [5, 5.41) is 9.05. The number of rotatable bonds is 13. The molecular weight excluding hydrogens is 1020 g/mol. The largest absolute Gasteiger partial charge is 0.479 e. The number of imide groups is 1. The van der Waals surface area contributed by atoms with E-state index < -0.39 is 57.3 Å². The lowest BCUT2D eigenvalue weighted by Gasteiger charge is -2.45. The molecule has 3 aliphatic heterocycles. The number of imidazole rings is 1. The molecular formula is C54H66ClN7O11S2. The lowest BCUT2D eigenvalue weighted by Crippen LogP contribution is -2.55. The highest BCUT2D eigenvalue weighted by Crippen LogP contribution is 2.47. The highest BCUT2D eigenvalue weighted by molar-refractivity contribution is 7.88. The lowest BCUT2D eigenvalue weighted by atomic mass is 9.89. The van der Waals surface area contributed by atoms with E-state index in [1.165, 1.54) is 9.13 Å². The Bertz CT molecular complexity index is 3210. The third-order valence-electron chi connectivity index (χ3n) is 13.5. The molecule has 3 N–H and O–H groups in total. The highest BCUT2D eigenvalue weighted by Gasteiger charge is 2.42. The van der Waals surface area contributed by atoms with Crippen LogP contribution >= 0.6 is 22.9 Å². The molecule has 4 amide bonds. The first-order valence-corrected chi connectivity index (χ1v) is 27.9. The minimum atomic E-state index is -3.81. The SMILES string of the molecule is Cn1c(=O)n(C2CCC(=O)NC2=O)c2ccc(C3CCN(C(=O)Nc4cccc(CS(=O)(=O)N5CC[C@H](Nc6cccc(-c7sc(C(=O)OC(C)(C)C)c(OCC(=O)OC(C)(C)C)c7Cl)c6)CC5(C)C)c4)CC3)cc21. The molecule has 5 aromatic rings. The van der Waals surface area contributed by atoms with E-state index in [0.29, 0.717) is 71.5 Å². The molecule has 75 heavy (non-hydrogen) atoms. The number of ether oxygens (including phenoxy) is 3. The number of aryl methyl sites for hydroxylation is 1. The Morgan fingerprint density at radius 3 is 2.23 bits per heavy atom. The van der Waals surface area contributed by atoms with Crippen molar-refractivity contribution in [2.75, 3.05) is 36.9 Å². The average Bonchev–Trinajstić information content (AvgIpc) is 3.77. The predicted octanol–water partition coefficient (Wildman–Crippen LogP) is 8.97. The molecule has 8 rings (SSSR count). The zero-order chi connectivity index (χ0) is 54.4. The Kier molecular flexibility index (Phi) is 15.7. The van der Waals surface area contributed by atoms with E-state index in [4.69, 9.17) is 25.8 Å². The van der Waals surface area contributed by atoms with Gasteiger partial charge in [0, 0.05) is 56.1 Å². The molecule has 0 radical (unpaired) electrons. The fourth-order valence-corrected chi connectivity index (χ4v) is 13.6. The normalized spacial score (nSPS) is 18.9. The van der Waals surface area contributed by atoms with Gasteiger partial charge in [0.25, 0.3) is 0 Å². The van der Waals surface area contributed by atoms with Gasteiger partial charge in [0.05, 0.1) is 21.7 Å². The number of thiophene rings is 1. The van der Waals surface area contributed by atoms with E-state index in [1.807, 2.05) is 56.3 Å². The number of nitrogens with zero attached hydrogens (tertiary/aromatic N) is 4. The first-order valence-electron chi connectivity index (χ1n) is 25.1. The number of carbonyl (C=O) groups is 5. The minimum Gasteiger partial charge on any atom is -0.479 e. The van der Waals surface area contributed by atoms with Crippen LogP contribution in [-0.2, 0) is 46.7 Å². The molecule has 3 fully saturated rings. The molecule has 5 heterocycles. The Morgan fingerprint density at radius 1 is 0.853 bits per heavy atom. The molecule has 2 atom stereocenters. The summed E-state index contributed by atoms with van der Waals surface area (Å²) < 4.78 is 49.8. The van der Waals surface area contributed by atoms with Crippen LogP contribution < -0.4 is 26.4 Å². The summed E-state index contributed by atoms with van der Waals surface area (Å²) in [6.07, 6.45) is 2.82. The number of benzene rings is 3. The number of hydrogen-bond donors (Lipinski definition) is 3. The molecule has 0 saturated carbocycles. The zero-order valence-electron chi connectivity index (χ0n) is 43.8. The number of halogens is 1. The van der Waals surface area contributed by atoms with Crippen LogP contribution in [0, 0.1) is 0 Å². The van der Waals surface area contributed by atoms with Gasteiger partial charge in [0.15, 0.2) is 17.2 Å². The molecule has 0 spiro atoms. The number of piperidine rings is 3. The van der Waals surface area contributed by atoms with Crippen molar-refractivity contribution in [2.45, 2.75) is 134 Å². The molecule has 1 unspecified atom stereocenters. The number of aromatic nitrogens is 2. The average molecular weight is 1090 g/mol. The maximum Gasteiger partial charge on any atom is 0.352 e. The second-order valence-corrected chi connectivity index (χ2v) is 25.4. The van der Waals surface area contributed by atoms with Crippen LogP contribution in [0.15, 0.2) is 71.5 Å². The number of urea groups is 1. The number of likely N-dealkylation sites (tertiary alicyclic amines) is 1. The van der Waals surface area contributed by atoms with Crippen molar-refractivity contribution in [2.24, 2.45) is 7.05 Å². The Morgan fingerprint density at radius 2 is 1.55 bits per heavy atom. The van der Waals surface area contributed by atoms with Crippen molar-refractivity contribution < 1.29 is 46.6 Å². The lowest BCUT2D eigenvalue weighted by molar-refractivity contribution is -0.157. The Hall–Kier alpha value is -6.22. The van der Waals surface area contributed by atoms with E-state index in [9.17, 15) is 37.2 Å². The van der Waals surface area contributed by atoms with Crippen molar-refractivity contribution >= 4 is 85.2 Å². The van der Waals surface area contributed by atoms with Crippen LogP contribution in [0.5, 0.6) is 5.75 Å². The number of amides is 4. The summed E-state index contributed by atoms with van der Waals surface area (Å²) in [6, 6.07) is 19.1. The topological polar surface area (TPSA) is 217 Å². The summed E-state index contributed by atoms with van der Waals surface area (Å²) in [7, 11) is -2.14. The van der Waals surface area contributed by atoms with E-state index in [2.05, 4.69) is 16.0 Å². The summed E-state index contributed by atoms with van der Waals surface area (Å²) in [5.41, 5.74) is 2.19. The van der Waals surface area contributed by atoms with E-state index in [-0.39, 0.29) is 70.4 Å². The van der Waals surface area contributed by atoms with Gasteiger partial charge in [0.1, 0.15) is 22.3 Å². The van der Waals surface area contributed by atoms with Gasteiger partial charge in [-0.25, -0.2) is 27.6 Å². The molecule has 2 aromatic heterocycles. The summed E-state index contributed by atoms with van der Waals surface area (Å²) in [4.78, 5) is 79.7. The van der Waals surface area contributed by atoms with Crippen molar-refractivity contribution in [3.8, 4) is 16.2 Å². The zero-order valence-corrected chi connectivity index (χ0v) is 46.2. The number of esters is 2. The van der Waals surface area contributed by atoms with E-state index >= 15 is 0 Å². The molecule has 3 aliphatic rings. The maximum absolute atomic E-state index is 14.2. The van der Waals surface area contributed by atoms with Crippen molar-refractivity contribution in [3.63, 3.8) is 0 Å². The Balaban J connectivity index is 0.866. The second-order valence-electron chi connectivity index (χ2n) is 22.2. The number of anilines is 2. The van der Waals surface area contributed by atoms with Crippen LogP contribution in [0.1, 0.15) is 127 Å². The van der Waals surface area contributed by atoms with Crippen LogP contribution in [0.2, 0.25) is 5.02 Å². The number of sulfonamides is 1. The van der Waals surface area contributed by atoms with Crippen molar-refractivity contribution in [3.05, 3.63) is 98.2 Å². The summed E-state index contributed by atoms with van der Waals surface area (Å²) >= 11 is 8.02. The van der Waals surface area contributed by atoms with Gasteiger partial charge in [-0.2, -0.15) is 4.31 Å². The third-order valence-corrected chi connectivity index (χ3v) is 17.2. The molecule has 0 aliphatic carbocycles. The van der Waals surface area contributed by atoms with E-state index in [0.717, 1.165) is 22.6 Å². The van der Waals surface area contributed by atoms with Gasteiger partial charge in [0.2, 0.25) is 21.8 Å². The monoisotopic (exact) mass is 1090 g/mol. The number of nitrogens with one attached hydrogen (secondary N) is 3. The Labute approximate surface area is 446 Å². The van der Waals surface area contributed by atoms with Gasteiger partial charge < -0.3 is 29.7 Å². The first-order chi connectivity index (χ1) is 35.2. The fourth-order valence-electron chi connectivity index (χ4n) is 10.2. The molecule has 3 aromatic carbocycles. The second kappa shape index (κ2) is 21.4. The maximum atomic E-state index is 14.2. The highest BCUT2D eigenvalue weighted by atomic mass is 35.5. The van der Waals surface area contributed by atoms with Crippen molar-refractivity contribution in [1.82, 2.24) is 23.7 Å². The standard InChI is InChI=1S/C54H66ClN7O11S2/c1-52(2,3)72-43(64)30-71-45-44(55)46(74-47(45)49(66)73-53(4,5)6)35-13-11-15-37(27-35)56-38-22-25-61(54(7,8)29-38)75(69,70)31-32-12-10-14-36(26-32)57-50(67)60-23-20-33(21-24-60)34-16-17-39-41(28-34)59(9)51(68)62(39)40-18-19-42(63)58-48(40)65/h10-17,26-28,33,38,40,56H,18-25,29-31H2,1-9H3,(H,57,67)(H,58,63,65)/t38-,40?/m0/s1. The first kappa shape index (κ1) is 55.0. The summed E-state index contributed by atoms with van der Waals surface area (Å²) in [6.45, 7) is 15.1. The van der Waals surface area contributed by atoms with Gasteiger partial charge >= 0.3 is 23.7 Å². The van der Waals surface area contributed by atoms with E-state index in [1.54, 1.807) is 82.1 Å². The van der Waals surface area contributed by atoms with Crippen LogP contribution in [0.4, 0.5) is 16.2 Å². The van der Waals surface area contributed by atoms with Crippen LogP contribution in [0.25, 0.3) is 21.5 Å². The molecule has 3 saturated heterocycles. The number of carbonyl (C=O) groups excluding carboxylic acids is 5.